The number of nitrogens with two attached hydrogens (primary N) is 2. The summed E-state index contributed by atoms with van der Waals surface area (Å²) >= 11 is 0. The van der Waals surface area contributed by atoms with E-state index in [1.165, 1.54) is 17.2 Å². The second-order valence-corrected chi connectivity index (χ2v) is 12.9. The number of phosphoric acid groups is 1. The van der Waals surface area contributed by atoms with Crippen molar-refractivity contribution in [2.24, 2.45) is 0 Å². The van der Waals surface area contributed by atoms with Crippen LogP contribution in [0.25, 0.3) is 22.3 Å². The van der Waals surface area contributed by atoms with Crippen LogP contribution in [0.3, 0.4) is 0 Å². The number of rotatable bonds is 2. The lowest BCUT2D eigenvalue weighted by molar-refractivity contribution is -0.0613. The first-order valence-electron chi connectivity index (χ1n) is 12.7. The van der Waals surface area contributed by atoms with E-state index in [9.17, 15) is 14.0 Å². The summed E-state index contributed by atoms with van der Waals surface area (Å²) in [5.74, 6) is 0.0316. The number of fused-ring (bicyclic) bond motifs is 5. The van der Waals surface area contributed by atoms with Crippen molar-refractivity contribution < 1.29 is 50.4 Å². The smallest absolute Gasteiger partial charge is 0.382 e. The van der Waals surface area contributed by atoms with Crippen LogP contribution in [0.1, 0.15) is 12.5 Å². The highest BCUT2D eigenvalue weighted by Crippen LogP contribution is 2.54. The predicted molar refractivity (Wildman–Crippen MR) is 142 cm³/mol. The molecule has 3 saturated heterocycles. The van der Waals surface area contributed by atoms with Crippen molar-refractivity contribution >= 4 is 56.8 Å². The lowest BCUT2D eigenvalue weighted by atomic mass is 10.1. The van der Waals surface area contributed by atoms with Gasteiger partial charge in [-0.3, -0.25) is 22.7 Å². The first kappa shape index (κ1) is 29.5. The van der Waals surface area contributed by atoms with Gasteiger partial charge in [-0.05, 0) is 0 Å². The standard InChI is InChI=1S/C20H21BF2N10O9P2/c21-43(34)37-2-8-13(10(23)19(40-8)32-5-30-11-15(24)26-3-28-17(11)32)42-44(35,36)38-1-7-9(22)14(41-43)20(39-7)33-6-31-12-16(25)27-4-29-18(12)33/h3-10,13-14,19-20H,1-2H2,(H,35,36)(H2,24,26,28)(H2,25,27,29)/t7-,8-,9?,10-,13-,14-,19-,20-,43+/m1/s1. The largest absolute Gasteiger partial charge is 0.472 e. The van der Waals surface area contributed by atoms with E-state index >= 15 is 8.78 Å². The number of hydrogen-bond acceptors (Lipinski definition) is 16. The van der Waals surface area contributed by atoms with Gasteiger partial charge in [0.2, 0.25) is 7.57 Å². The average molecular weight is 656 g/mol. The van der Waals surface area contributed by atoms with Crippen molar-refractivity contribution in [3.63, 3.8) is 0 Å². The van der Waals surface area contributed by atoms with E-state index in [-0.39, 0.29) is 34.0 Å². The Kier molecular flexibility index (Phi) is 7.18. The lowest BCUT2D eigenvalue weighted by Crippen LogP contribution is -2.34. The summed E-state index contributed by atoms with van der Waals surface area (Å²) in [5.41, 5.74) is 12.1. The Morgan fingerprint density at radius 1 is 0.795 bits per heavy atom. The van der Waals surface area contributed by atoms with E-state index in [2.05, 4.69) is 29.9 Å². The number of halogens is 2. The summed E-state index contributed by atoms with van der Waals surface area (Å²) < 4.78 is 92.6. The van der Waals surface area contributed by atoms with Gasteiger partial charge in [-0.15, -0.1) is 0 Å². The number of imidazole rings is 2. The Hall–Kier alpha value is -3.20. The zero-order chi connectivity index (χ0) is 31.0. The highest BCUT2D eigenvalue weighted by atomic mass is 31.2. The fourth-order valence-electron chi connectivity index (χ4n) is 5.19. The van der Waals surface area contributed by atoms with Crippen molar-refractivity contribution in [3.05, 3.63) is 25.3 Å². The summed E-state index contributed by atoms with van der Waals surface area (Å²) in [4.78, 5) is 34.4. The number of nitrogen functional groups attached to an aromatic ring is 2. The molecule has 0 aromatic carbocycles. The molecule has 19 nitrogen and oxygen atoms in total. The first-order chi connectivity index (χ1) is 20.9. The fraction of sp³-hybridized carbons (Fsp3) is 0.500. The molecule has 7 rings (SSSR count). The molecule has 44 heavy (non-hydrogen) atoms. The van der Waals surface area contributed by atoms with Gasteiger partial charge in [-0.1, -0.05) is 0 Å². The zero-order valence-corrected chi connectivity index (χ0v) is 23.8. The molecule has 3 fully saturated rings. The van der Waals surface area contributed by atoms with E-state index in [0.29, 0.717) is 0 Å². The third-order valence-electron chi connectivity index (χ3n) is 7.20. The van der Waals surface area contributed by atoms with E-state index in [1.54, 1.807) is 0 Å². The van der Waals surface area contributed by atoms with Gasteiger partial charge < -0.3 is 34.9 Å². The Labute approximate surface area is 245 Å². The van der Waals surface area contributed by atoms with E-state index < -0.39 is 77.7 Å². The number of aromatic nitrogens is 8. The average Bonchev–Trinajstić information content (AvgIpc) is 3.73. The summed E-state index contributed by atoms with van der Waals surface area (Å²) in [6, 6.07) is 0. The van der Waals surface area contributed by atoms with Crippen LogP contribution < -0.4 is 11.5 Å². The normalized spacial score (nSPS) is 38.2. The number of ether oxygens (including phenoxy) is 2. The maximum absolute atomic E-state index is 15.9. The molecule has 0 aliphatic carbocycles. The van der Waals surface area contributed by atoms with E-state index in [1.807, 2.05) is 0 Å². The fourth-order valence-corrected chi connectivity index (χ4v) is 7.12. The Morgan fingerprint density at radius 2 is 1.36 bits per heavy atom. The molecule has 4 aromatic heterocycles. The Morgan fingerprint density at radius 3 is 2.00 bits per heavy atom. The molecule has 4 aromatic rings. The van der Waals surface area contributed by atoms with Crippen LogP contribution in [0.5, 0.6) is 0 Å². The first-order valence-corrected chi connectivity index (χ1v) is 15.9. The molecule has 0 saturated carbocycles. The van der Waals surface area contributed by atoms with Crippen LogP contribution in [0, 0.1) is 0 Å². The molecule has 3 aliphatic heterocycles. The van der Waals surface area contributed by atoms with Crippen LogP contribution in [0.2, 0.25) is 0 Å². The molecule has 2 unspecified atom stereocenters. The maximum Gasteiger partial charge on any atom is 0.472 e. The number of anilines is 2. The molecular weight excluding hydrogens is 635 g/mol. The second kappa shape index (κ2) is 10.7. The van der Waals surface area contributed by atoms with Crippen LogP contribution in [-0.2, 0) is 36.7 Å². The Balaban J connectivity index is 1.20. The molecule has 0 spiro atoms. The summed E-state index contributed by atoms with van der Waals surface area (Å²) in [6.07, 6.45) is -9.34. The molecule has 3 aliphatic rings. The minimum Gasteiger partial charge on any atom is -0.382 e. The molecule has 0 amide bonds. The van der Waals surface area contributed by atoms with Crippen molar-refractivity contribution in [2.45, 2.75) is 49.2 Å². The number of hydrogen-bond donors (Lipinski definition) is 3. The number of alkyl halides is 2. The van der Waals surface area contributed by atoms with Crippen LogP contribution in [-0.4, -0.2) is 101 Å². The highest BCUT2D eigenvalue weighted by Gasteiger charge is 2.54. The number of nitrogens with zero attached hydrogens (tertiary/aromatic N) is 8. The minimum absolute atomic E-state index is 0.0136. The van der Waals surface area contributed by atoms with Gasteiger partial charge in [0.15, 0.2) is 47.7 Å². The van der Waals surface area contributed by atoms with Gasteiger partial charge in [0.1, 0.15) is 48.1 Å². The summed E-state index contributed by atoms with van der Waals surface area (Å²) in [5, 5.41) is 0. The van der Waals surface area contributed by atoms with Crippen molar-refractivity contribution in [1.82, 2.24) is 39.0 Å². The van der Waals surface area contributed by atoms with Gasteiger partial charge in [-0.25, -0.2) is 43.2 Å². The zero-order valence-electron chi connectivity index (χ0n) is 22.0. The quantitative estimate of drug-likeness (QED) is 0.196. The van der Waals surface area contributed by atoms with Gasteiger partial charge in [0, 0.05) is 0 Å². The van der Waals surface area contributed by atoms with Crippen LogP contribution in [0.4, 0.5) is 20.4 Å². The third-order valence-corrected chi connectivity index (χ3v) is 9.23. The predicted octanol–water partition coefficient (Wildman–Crippen LogP) is 0.496. The van der Waals surface area contributed by atoms with Gasteiger partial charge >= 0.3 is 7.82 Å². The number of phosphoric ester groups is 1. The molecule has 5 N–H and O–H groups in total. The molecule has 10 atom stereocenters. The molecule has 24 heteroatoms. The van der Waals surface area contributed by atoms with Gasteiger partial charge in [0.05, 0.1) is 25.9 Å². The summed E-state index contributed by atoms with van der Waals surface area (Å²) in [7, 11) is -3.96. The summed E-state index contributed by atoms with van der Waals surface area (Å²) in [6.45, 7) is -1.68. The van der Waals surface area contributed by atoms with Crippen LogP contribution in [0.15, 0.2) is 25.3 Å². The lowest BCUT2D eigenvalue weighted by Gasteiger charge is -2.27. The molecular formula is C20H21BF2N10O9P2. The highest BCUT2D eigenvalue weighted by molar-refractivity contribution is 7.79. The van der Waals surface area contributed by atoms with Crippen molar-refractivity contribution in [2.75, 3.05) is 24.7 Å². The minimum atomic E-state index is -5.13. The SMILES string of the molecule is [B][P@]1(=O)OC[C@H]2O[C@@H](n3cnc4c(N)ncnc43)[C@H](F)[C@@H]2OP(=O)(O)OC[C@H]2O[C@@H](n3cnc4c(N)ncnc43)[C@H](O1)C2F. The molecule has 7 heterocycles. The molecule has 2 bridgehead atoms. The topological polar surface area (TPSA) is 249 Å². The van der Waals surface area contributed by atoms with E-state index in [4.69, 9.17) is 46.6 Å². The second-order valence-electron chi connectivity index (χ2n) is 9.92. The van der Waals surface area contributed by atoms with Gasteiger partial charge in [0.25, 0.3) is 7.47 Å². The molecule has 232 valence electrons. The third kappa shape index (κ3) is 5.05. The molecule has 2 radical (unpaired) electrons. The van der Waals surface area contributed by atoms with Gasteiger partial charge in [-0.2, -0.15) is 0 Å². The van der Waals surface area contributed by atoms with Crippen LogP contribution >= 0.6 is 15.3 Å². The monoisotopic (exact) mass is 656 g/mol. The van der Waals surface area contributed by atoms with E-state index in [0.717, 1.165) is 17.2 Å². The Bertz CT molecular complexity index is 1840. The maximum atomic E-state index is 15.9. The van der Waals surface area contributed by atoms with Crippen molar-refractivity contribution in [1.29, 1.82) is 0 Å². The van der Waals surface area contributed by atoms with Crippen molar-refractivity contribution in [3.8, 4) is 0 Å².